The molecule has 0 aromatic rings. The Balaban J connectivity index is 2.25. The summed E-state index contributed by atoms with van der Waals surface area (Å²) in [7, 11) is 0. The van der Waals surface area contributed by atoms with Gasteiger partial charge in [0, 0.05) is 0 Å². The largest absolute Gasteiger partial charge is 0.467 e. The Hall–Kier alpha value is 0.110. The summed E-state index contributed by atoms with van der Waals surface area (Å²) in [6.07, 6.45) is 0.121. The van der Waals surface area contributed by atoms with Gasteiger partial charge in [0.15, 0.2) is 0 Å². The standard InChI is InChI=1S/C6H10ClNOS/c1-2-10-6-8-4-5(3-7)9-6/h5H,2-4H2,1H3. The third kappa shape index (κ3) is 2.06. The van der Waals surface area contributed by atoms with E-state index in [9.17, 15) is 0 Å². The number of thioether (sulfide) groups is 1. The first-order valence-electron chi connectivity index (χ1n) is 3.26. The maximum atomic E-state index is 5.57. The number of halogens is 1. The fourth-order valence-corrected chi connectivity index (χ4v) is 1.45. The fraction of sp³-hybridized carbons (Fsp3) is 0.833. The Morgan fingerprint density at radius 3 is 3.20 bits per heavy atom. The number of ether oxygens (including phenoxy) is 1. The van der Waals surface area contributed by atoms with Crippen LogP contribution >= 0.6 is 23.4 Å². The molecule has 1 aliphatic heterocycles. The van der Waals surface area contributed by atoms with Gasteiger partial charge in [-0.25, -0.2) is 4.99 Å². The second kappa shape index (κ2) is 4.09. The number of hydrogen-bond donors (Lipinski definition) is 0. The van der Waals surface area contributed by atoms with Crippen LogP contribution in [0.15, 0.2) is 4.99 Å². The lowest BCUT2D eigenvalue weighted by molar-refractivity contribution is 0.256. The summed E-state index contributed by atoms with van der Waals surface area (Å²) in [6, 6.07) is 0. The molecule has 0 bridgehead atoms. The second-order valence-electron chi connectivity index (χ2n) is 1.93. The summed E-state index contributed by atoms with van der Waals surface area (Å²) in [5.74, 6) is 1.55. The number of alkyl halides is 1. The highest BCUT2D eigenvalue weighted by Crippen LogP contribution is 2.14. The van der Waals surface area contributed by atoms with Crippen LogP contribution in [0.1, 0.15) is 6.92 Å². The fourth-order valence-electron chi connectivity index (χ4n) is 0.677. The van der Waals surface area contributed by atoms with Crippen molar-refractivity contribution in [2.24, 2.45) is 4.99 Å². The molecule has 1 unspecified atom stereocenters. The van der Waals surface area contributed by atoms with E-state index in [0.29, 0.717) is 5.88 Å². The van der Waals surface area contributed by atoms with Gasteiger partial charge >= 0.3 is 0 Å². The highest BCUT2D eigenvalue weighted by atomic mass is 35.5. The molecule has 58 valence electrons. The molecular formula is C6H10ClNOS. The van der Waals surface area contributed by atoms with E-state index in [1.807, 2.05) is 0 Å². The Kier molecular flexibility index (Phi) is 3.35. The molecule has 0 radical (unpaired) electrons. The predicted octanol–water partition coefficient (Wildman–Crippen LogP) is 1.73. The normalized spacial score (nSPS) is 24.2. The van der Waals surface area contributed by atoms with Crippen LogP contribution in [-0.4, -0.2) is 29.5 Å². The summed E-state index contributed by atoms with van der Waals surface area (Å²) >= 11 is 7.19. The van der Waals surface area contributed by atoms with E-state index in [4.69, 9.17) is 16.3 Å². The number of rotatable bonds is 2. The van der Waals surface area contributed by atoms with Crippen molar-refractivity contribution >= 4 is 28.6 Å². The molecule has 1 heterocycles. The van der Waals surface area contributed by atoms with Crippen molar-refractivity contribution in [3.05, 3.63) is 0 Å². The van der Waals surface area contributed by atoms with E-state index in [2.05, 4.69) is 11.9 Å². The first-order chi connectivity index (χ1) is 4.86. The van der Waals surface area contributed by atoms with Crippen molar-refractivity contribution in [3.63, 3.8) is 0 Å². The zero-order valence-corrected chi connectivity index (χ0v) is 7.41. The summed E-state index contributed by atoms with van der Waals surface area (Å²) < 4.78 is 5.33. The van der Waals surface area contributed by atoms with Gasteiger partial charge in [0.25, 0.3) is 0 Å². The lowest BCUT2D eigenvalue weighted by atomic mass is 10.4. The van der Waals surface area contributed by atoms with Gasteiger partial charge in [0.1, 0.15) is 6.10 Å². The van der Waals surface area contributed by atoms with Crippen LogP contribution in [-0.2, 0) is 4.74 Å². The van der Waals surface area contributed by atoms with Crippen molar-refractivity contribution < 1.29 is 4.74 Å². The van der Waals surface area contributed by atoms with E-state index in [1.54, 1.807) is 11.8 Å². The highest BCUT2D eigenvalue weighted by Gasteiger charge is 2.17. The Morgan fingerprint density at radius 1 is 1.90 bits per heavy atom. The molecule has 2 nitrogen and oxygen atoms in total. The zero-order valence-electron chi connectivity index (χ0n) is 5.84. The number of hydrogen-bond acceptors (Lipinski definition) is 3. The van der Waals surface area contributed by atoms with Crippen LogP contribution in [0.5, 0.6) is 0 Å². The summed E-state index contributed by atoms with van der Waals surface area (Å²) in [5.41, 5.74) is 0. The molecule has 0 N–H and O–H groups in total. The van der Waals surface area contributed by atoms with Gasteiger partial charge in [0.05, 0.1) is 12.4 Å². The molecule has 0 aromatic carbocycles. The Labute approximate surface area is 70.0 Å². The molecule has 0 saturated carbocycles. The summed E-state index contributed by atoms with van der Waals surface area (Å²) in [4.78, 5) is 4.15. The first kappa shape index (κ1) is 8.21. The first-order valence-corrected chi connectivity index (χ1v) is 4.78. The minimum atomic E-state index is 0.121. The molecule has 0 amide bonds. The smallest absolute Gasteiger partial charge is 0.246 e. The monoisotopic (exact) mass is 179 g/mol. The molecule has 0 spiro atoms. The molecule has 10 heavy (non-hydrogen) atoms. The van der Waals surface area contributed by atoms with Crippen LogP contribution in [0.2, 0.25) is 0 Å². The quantitative estimate of drug-likeness (QED) is 0.603. The minimum absolute atomic E-state index is 0.121. The molecule has 1 rings (SSSR count). The minimum Gasteiger partial charge on any atom is -0.467 e. The van der Waals surface area contributed by atoms with E-state index in [1.165, 1.54) is 0 Å². The maximum absolute atomic E-state index is 5.57. The van der Waals surface area contributed by atoms with Gasteiger partial charge in [0.2, 0.25) is 5.23 Å². The van der Waals surface area contributed by atoms with Crippen molar-refractivity contribution in [1.29, 1.82) is 0 Å². The molecule has 0 aliphatic carbocycles. The van der Waals surface area contributed by atoms with Gasteiger partial charge in [-0.3, -0.25) is 0 Å². The van der Waals surface area contributed by atoms with Gasteiger partial charge < -0.3 is 4.74 Å². The van der Waals surface area contributed by atoms with Gasteiger partial charge in [-0.15, -0.1) is 11.6 Å². The molecule has 0 saturated heterocycles. The van der Waals surface area contributed by atoms with E-state index >= 15 is 0 Å². The van der Waals surface area contributed by atoms with Gasteiger partial charge in [-0.1, -0.05) is 18.7 Å². The SMILES string of the molecule is CCSC1=NCC(CCl)O1. The maximum Gasteiger partial charge on any atom is 0.246 e. The molecule has 0 aromatic heterocycles. The van der Waals surface area contributed by atoms with Crippen LogP contribution in [0.25, 0.3) is 0 Å². The third-order valence-corrected chi connectivity index (χ3v) is 2.24. The average Bonchev–Trinajstić information content (AvgIpc) is 2.37. The van der Waals surface area contributed by atoms with Crippen molar-refractivity contribution in [2.45, 2.75) is 13.0 Å². The predicted molar refractivity (Wildman–Crippen MR) is 46.0 cm³/mol. The third-order valence-electron chi connectivity index (χ3n) is 1.13. The van der Waals surface area contributed by atoms with Crippen LogP contribution in [0.4, 0.5) is 0 Å². The van der Waals surface area contributed by atoms with Gasteiger partial charge in [-0.05, 0) is 5.75 Å². The van der Waals surface area contributed by atoms with Crippen LogP contribution in [0.3, 0.4) is 0 Å². The lowest BCUT2D eigenvalue weighted by Crippen LogP contribution is -2.13. The van der Waals surface area contributed by atoms with E-state index < -0.39 is 0 Å². The van der Waals surface area contributed by atoms with E-state index in [0.717, 1.165) is 17.5 Å². The van der Waals surface area contributed by atoms with Crippen molar-refractivity contribution in [3.8, 4) is 0 Å². The average molecular weight is 180 g/mol. The molecule has 4 heteroatoms. The Bertz CT molecular complexity index is 140. The molecule has 0 fully saturated rings. The summed E-state index contributed by atoms with van der Waals surface area (Å²) in [6.45, 7) is 2.80. The molecule has 1 aliphatic rings. The second-order valence-corrected chi connectivity index (χ2v) is 3.46. The van der Waals surface area contributed by atoms with Crippen LogP contribution < -0.4 is 0 Å². The summed E-state index contributed by atoms with van der Waals surface area (Å²) in [5, 5.41) is 0.799. The molecular weight excluding hydrogens is 170 g/mol. The van der Waals surface area contributed by atoms with Gasteiger partial charge in [-0.2, -0.15) is 0 Å². The topological polar surface area (TPSA) is 21.6 Å². The number of aliphatic imine (C=N–C) groups is 1. The highest BCUT2D eigenvalue weighted by molar-refractivity contribution is 8.13. The van der Waals surface area contributed by atoms with Crippen molar-refractivity contribution in [2.75, 3.05) is 18.2 Å². The Morgan fingerprint density at radius 2 is 2.70 bits per heavy atom. The van der Waals surface area contributed by atoms with Crippen LogP contribution in [0, 0.1) is 0 Å². The van der Waals surface area contributed by atoms with Crippen molar-refractivity contribution in [1.82, 2.24) is 0 Å². The zero-order chi connectivity index (χ0) is 7.40. The lowest BCUT2D eigenvalue weighted by Gasteiger charge is -2.04. The van der Waals surface area contributed by atoms with E-state index in [-0.39, 0.29) is 6.10 Å². The number of nitrogens with zero attached hydrogens (tertiary/aromatic N) is 1. The molecule has 1 atom stereocenters.